The molecule has 1 rings (SSSR count). The molecular weight excluding hydrogens is 214 g/mol. The van der Waals surface area contributed by atoms with Gasteiger partial charge in [-0.2, -0.15) is 0 Å². The van der Waals surface area contributed by atoms with Crippen molar-refractivity contribution in [2.45, 2.75) is 25.7 Å². The molecule has 0 heterocycles. The molecule has 0 saturated heterocycles. The molecular formula is C10H17NO3S. The zero-order valence-corrected chi connectivity index (χ0v) is 9.72. The minimum atomic E-state index is -0.254. The van der Waals surface area contributed by atoms with Crippen molar-refractivity contribution in [3.05, 3.63) is 0 Å². The van der Waals surface area contributed by atoms with Crippen LogP contribution in [-0.4, -0.2) is 24.1 Å². The first-order valence-corrected chi connectivity index (χ1v) is 6.36. The molecule has 4 nitrogen and oxygen atoms in total. The van der Waals surface area contributed by atoms with Crippen LogP contribution in [0, 0.1) is 11.8 Å². The molecule has 2 N–H and O–H groups in total. The Morgan fingerprint density at radius 2 is 2.20 bits per heavy atom. The van der Waals surface area contributed by atoms with Crippen molar-refractivity contribution < 1.29 is 14.3 Å². The van der Waals surface area contributed by atoms with E-state index < -0.39 is 0 Å². The van der Waals surface area contributed by atoms with Gasteiger partial charge in [-0.1, -0.05) is 6.42 Å². The van der Waals surface area contributed by atoms with Crippen LogP contribution in [0.1, 0.15) is 25.7 Å². The second-order valence-corrected chi connectivity index (χ2v) is 4.64. The second-order valence-electron chi connectivity index (χ2n) is 3.90. The third-order valence-electron chi connectivity index (χ3n) is 2.79. The molecule has 15 heavy (non-hydrogen) atoms. The van der Waals surface area contributed by atoms with Crippen LogP contribution >= 0.6 is 11.8 Å². The Morgan fingerprint density at radius 3 is 2.80 bits per heavy atom. The Kier molecular flexibility index (Phi) is 4.94. The smallest absolute Gasteiger partial charge is 0.367 e. The van der Waals surface area contributed by atoms with E-state index in [1.165, 1.54) is 0 Å². The average Bonchev–Trinajstić information content (AvgIpc) is 2.26. The maximum atomic E-state index is 11.0. The maximum absolute atomic E-state index is 11.0. The zero-order chi connectivity index (χ0) is 11.3. The van der Waals surface area contributed by atoms with Crippen molar-refractivity contribution in [1.82, 2.24) is 0 Å². The van der Waals surface area contributed by atoms with Gasteiger partial charge in [0.25, 0.3) is 0 Å². The van der Waals surface area contributed by atoms with Gasteiger partial charge in [-0.3, -0.25) is 4.79 Å². The lowest BCUT2D eigenvalue weighted by atomic mass is 9.81. The number of rotatable bonds is 3. The van der Waals surface area contributed by atoms with Gasteiger partial charge in [0.15, 0.2) is 0 Å². The Bertz CT molecular complexity index is 245. The van der Waals surface area contributed by atoms with Crippen molar-refractivity contribution in [3.8, 4) is 0 Å². The fourth-order valence-electron chi connectivity index (χ4n) is 1.95. The molecule has 2 atom stereocenters. The van der Waals surface area contributed by atoms with Gasteiger partial charge in [-0.15, -0.1) is 0 Å². The van der Waals surface area contributed by atoms with E-state index >= 15 is 0 Å². The molecule has 1 aliphatic rings. The predicted molar refractivity (Wildman–Crippen MR) is 59.5 cm³/mol. The summed E-state index contributed by atoms with van der Waals surface area (Å²) in [5.41, 5.74) is 5.26. The Labute approximate surface area is 93.9 Å². The van der Waals surface area contributed by atoms with Crippen LogP contribution in [0.3, 0.4) is 0 Å². The quantitative estimate of drug-likeness (QED) is 0.752. The van der Waals surface area contributed by atoms with Gasteiger partial charge >= 0.3 is 5.30 Å². The summed E-state index contributed by atoms with van der Waals surface area (Å²) in [5.74, 6) is 0.0416. The molecule has 5 heteroatoms. The molecule has 0 aromatic rings. The van der Waals surface area contributed by atoms with Gasteiger partial charge in [-0.25, -0.2) is 4.79 Å². The lowest BCUT2D eigenvalue weighted by molar-refractivity contribution is -0.123. The van der Waals surface area contributed by atoms with Gasteiger partial charge < -0.3 is 10.5 Å². The number of amides is 1. The number of hydrogen-bond acceptors (Lipinski definition) is 4. The van der Waals surface area contributed by atoms with Crippen LogP contribution in [0.2, 0.25) is 0 Å². The highest BCUT2D eigenvalue weighted by Crippen LogP contribution is 2.29. The molecule has 86 valence electrons. The van der Waals surface area contributed by atoms with Gasteiger partial charge in [-0.05, 0) is 43.2 Å². The summed E-state index contributed by atoms with van der Waals surface area (Å²) in [4.78, 5) is 21.9. The molecule has 0 aromatic heterocycles. The lowest BCUT2D eigenvalue weighted by Crippen LogP contribution is -2.30. The molecule has 1 aliphatic carbocycles. The summed E-state index contributed by atoms with van der Waals surface area (Å²) >= 11 is 1.07. The summed E-state index contributed by atoms with van der Waals surface area (Å²) in [6.07, 6.45) is 5.34. The van der Waals surface area contributed by atoms with E-state index in [1.807, 2.05) is 0 Å². The molecule has 1 saturated carbocycles. The second kappa shape index (κ2) is 6.00. The van der Waals surface area contributed by atoms with Crippen molar-refractivity contribution in [3.63, 3.8) is 0 Å². The summed E-state index contributed by atoms with van der Waals surface area (Å²) in [6.45, 7) is 0.420. The molecule has 1 amide bonds. The number of primary amides is 1. The molecule has 2 unspecified atom stereocenters. The fraction of sp³-hybridized carbons (Fsp3) is 0.800. The third-order valence-corrected chi connectivity index (χ3v) is 3.24. The van der Waals surface area contributed by atoms with Crippen molar-refractivity contribution in [2.24, 2.45) is 17.6 Å². The van der Waals surface area contributed by atoms with E-state index in [-0.39, 0.29) is 17.1 Å². The van der Waals surface area contributed by atoms with Gasteiger partial charge in [0.2, 0.25) is 5.91 Å². The van der Waals surface area contributed by atoms with Gasteiger partial charge in [0.1, 0.15) is 0 Å². The molecule has 0 spiro atoms. The highest BCUT2D eigenvalue weighted by molar-refractivity contribution is 8.12. The number of carbonyl (C=O) groups excluding carboxylic acids is 2. The largest absolute Gasteiger partial charge is 0.457 e. The van der Waals surface area contributed by atoms with Crippen molar-refractivity contribution in [2.75, 3.05) is 12.9 Å². The van der Waals surface area contributed by atoms with Crippen LogP contribution < -0.4 is 5.73 Å². The van der Waals surface area contributed by atoms with E-state index in [0.29, 0.717) is 12.5 Å². The predicted octanol–water partition coefficient (Wildman–Crippen LogP) is 1.78. The number of nitrogens with two attached hydrogens (primary N) is 1. The fourth-order valence-corrected chi connectivity index (χ4v) is 2.13. The van der Waals surface area contributed by atoms with Crippen LogP contribution in [0.4, 0.5) is 4.79 Å². The summed E-state index contributed by atoms with van der Waals surface area (Å²) < 4.78 is 5.03. The maximum Gasteiger partial charge on any atom is 0.367 e. The van der Waals surface area contributed by atoms with Gasteiger partial charge in [0, 0.05) is 5.92 Å². The molecule has 1 fully saturated rings. The summed E-state index contributed by atoms with van der Waals surface area (Å²) in [5, 5.41) is -0.254. The van der Waals surface area contributed by atoms with Crippen LogP contribution in [0.25, 0.3) is 0 Å². The number of ether oxygens (including phenoxy) is 1. The van der Waals surface area contributed by atoms with E-state index in [9.17, 15) is 9.59 Å². The van der Waals surface area contributed by atoms with Crippen molar-refractivity contribution in [1.29, 1.82) is 0 Å². The lowest BCUT2D eigenvalue weighted by Gasteiger charge is -2.26. The standard InChI is InChI=1S/C10H17NO3S/c1-15-10(13)14-6-7-3-2-4-8(5-7)9(11)12/h7-8H,2-6H2,1H3,(H2,11,12). The summed E-state index contributed by atoms with van der Waals surface area (Å²) in [7, 11) is 0. The van der Waals surface area contributed by atoms with E-state index in [4.69, 9.17) is 10.5 Å². The average molecular weight is 231 g/mol. The highest BCUT2D eigenvalue weighted by atomic mass is 32.2. The van der Waals surface area contributed by atoms with E-state index in [2.05, 4.69) is 0 Å². The normalized spacial score (nSPS) is 25.9. The monoisotopic (exact) mass is 231 g/mol. The molecule has 0 bridgehead atoms. The molecule has 0 radical (unpaired) electrons. The number of carbonyl (C=O) groups is 2. The first-order valence-electron chi connectivity index (χ1n) is 5.13. The minimum absolute atomic E-state index is 0.0308. The molecule has 0 aromatic carbocycles. The number of thioether (sulfide) groups is 1. The van der Waals surface area contributed by atoms with E-state index in [1.54, 1.807) is 6.26 Å². The minimum Gasteiger partial charge on any atom is -0.457 e. The summed E-state index contributed by atoms with van der Waals surface area (Å²) in [6, 6.07) is 0. The molecule has 0 aliphatic heterocycles. The first kappa shape index (κ1) is 12.4. The first-order chi connectivity index (χ1) is 7.13. The SMILES string of the molecule is CSC(=O)OCC1CCCC(C(N)=O)C1. The van der Waals surface area contributed by atoms with Crippen LogP contribution in [0.5, 0.6) is 0 Å². The van der Waals surface area contributed by atoms with E-state index in [0.717, 1.165) is 37.4 Å². The Hall–Kier alpha value is -0.710. The Morgan fingerprint density at radius 1 is 1.47 bits per heavy atom. The van der Waals surface area contributed by atoms with Crippen molar-refractivity contribution >= 4 is 23.0 Å². The third kappa shape index (κ3) is 4.11. The van der Waals surface area contributed by atoms with Crippen LogP contribution in [-0.2, 0) is 9.53 Å². The highest BCUT2D eigenvalue weighted by Gasteiger charge is 2.26. The topological polar surface area (TPSA) is 69.4 Å². The van der Waals surface area contributed by atoms with Gasteiger partial charge in [0.05, 0.1) is 6.61 Å². The number of hydrogen-bond donors (Lipinski definition) is 1. The van der Waals surface area contributed by atoms with Crippen LogP contribution in [0.15, 0.2) is 0 Å². The zero-order valence-electron chi connectivity index (χ0n) is 8.90. The Balaban J connectivity index is 2.30.